The highest BCUT2D eigenvalue weighted by molar-refractivity contribution is 7.98. The molecule has 1 heterocycles. The third-order valence-electron chi connectivity index (χ3n) is 3.77. The number of benzene rings is 1. The Morgan fingerprint density at radius 1 is 1.48 bits per heavy atom. The summed E-state index contributed by atoms with van der Waals surface area (Å²) in [6.45, 7) is 2.07. The summed E-state index contributed by atoms with van der Waals surface area (Å²) in [5.74, 6) is 1.87. The monoisotopic (exact) mass is 306 g/mol. The molecule has 0 fully saturated rings. The Hall–Kier alpha value is -1.62. The quantitative estimate of drug-likeness (QED) is 0.892. The van der Waals surface area contributed by atoms with Crippen LogP contribution in [-0.4, -0.2) is 48.0 Å². The SMILES string of the molecule is COc1cccc2[nH]cc(CC(=O)N(C)C(C)CSC)c12. The van der Waals surface area contributed by atoms with Gasteiger partial charge in [-0.15, -0.1) is 0 Å². The van der Waals surface area contributed by atoms with Crippen LogP contribution in [0.2, 0.25) is 0 Å². The van der Waals surface area contributed by atoms with Crippen LogP contribution in [0.3, 0.4) is 0 Å². The minimum atomic E-state index is 0.128. The number of aromatic amines is 1. The summed E-state index contributed by atoms with van der Waals surface area (Å²) in [5, 5.41) is 0.999. The second-order valence-corrected chi connectivity index (χ2v) is 6.09. The smallest absolute Gasteiger partial charge is 0.227 e. The highest BCUT2D eigenvalue weighted by Crippen LogP contribution is 2.29. The number of aromatic nitrogens is 1. The number of methoxy groups -OCH3 is 1. The number of carbonyl (C=O) groups excluding carboxylic acids is 1. The molecule has 1 aromatic heterocycles. The van der Waals surface area contributed by atoms with Crippen LogP contribution in [-0.2, 0) is 11.2 Å². The van der Waals surface area contributed by atoms with E-state index in [-0.39, 0.29) is 11.9 Å². The van der Waals surface area contributed by atoms with Crippen molar-refractivity contribution in [2.45, 2.75) is 19.4 Å². The van der Waals surface area contributed by atoms with Crippen LogP contribution in [0.25, 0.3) is 10.9 Å². The zero-order valence-corrected chi connectivity index (χ0v) is 13.8. The molecule has 0 aliphatic carbocycles. The van der Waals surface area contributed by atoms with Gasteiger partial charge in [0, 0.05) is 35.9 Å². The third kappa shape index (κ3) is 3.35. The number of hydrogen-bond donors (Lipinski definition) is 1. The lowest BCUT2D eigenvalue weighted by atomic mass is 10.1. The van der Waals surface area contributed by atoms with Gasteiger partial charge >= 0.3 is 0 Å². The Labute approximate surface area is 129 Å². The van der Waals surface area contributed by atoms with E-state index in [1.807, 2.05) is 36.3 Å². The summed E-state index contributed by atoms with van der Waals surface area (Å²) in [5.41, 5.74) is 1.98. The van der Waals surface area contributed by atoms with Crippen LogP contribution < -0.4 is 4.74 Å². The topological polar surface area (TPSA) is 45.3 Å². The third-order valence-corrected chi connectivity index (χ3v) is 4.59. The fourth-order valence-corrected chi connectivity index (χ4v) is 3.12. The van der Waals surface area contributed by atoms with Gasteiger partial charge in [-0.2, -0.15) is 11.8 Å². The first-order chi connectivity index (χ1) is 10.1. The summed E-state index contributed by atoms with van der Waals surface area (Å²) >= 11 is 1.75. The highest BCUT2D eigenvalue weighted by atomic mass is 32.2. The van der Waals surface area contributed by atoms with E-state index in [9.17, 15) is 4.79 Å². The van der Waals surface area contributed by atoms with Crippen molar-refractivity contribution in [1.82, 2.24) is 9.88 Å². The predicted octanol–water partition coefficient (Wildman–Crippen LogP) is 2.93. The molecule has 1 N–H and O–H groups in total. The van der Waals surface area contributed by atoms with Crippen molar-refractivity contribution in [3.63, 3.8) is 0 Å². The molecule has 0 spiro atoms. The van der Waals surface area contributed by atoms with Crippen molar-refractivity contribution in [2.75, 3.05) is 26.2 Å². The fourth-order valence-electron chi connectivity index (χ4n) is 2.42. The van der Waals surface area contributed by atoms with Crippen LogP contribution in [0.4, 0.5) is 0 Å². The van der Waals surface area contributed by atoms with Gasteiger partial charge in [0.25, 0.3) is 0 Å². The zero-order valence-electron chi connectivity index (χ0n) is 13.0. The summed E-state index contributed by atoms with van der Waals surface area (Å²) in [4.78, 5) is 17.5. The summed E-state index contributed by atoms with van der Waals surface area (Å²) < 4.78 is 5.41. The van der Waals surface area contributed by atoms with E-state index in [4.69, 9.17) is 4.74 Å². The number of ether oxygens (including phenoxy) is 1. The van der Waals surface area contributed by atoms with Crippen molar-refractivity contribution < 1.29 is 9.53 Å². The molecule has 0 aliphatic rings. The maximum Gasteiger partial charge on any atom is 0.227 e. The van der Waals surface area contributed by atoms with Crippen molar-refractivity contribution in [3.05, 3.63) is 30.0 Å². The first-order valence-corrected chi connectivity index (χ1v) is 8.35. The molecule has 0 saturated heterocycles. The normalized spacial score (nSPS) is 12.4. The van der Waals surface area contributed by atoms with Crippen LogP contribution in [0.15, 0.2) is 24.4 Å². The number of carbonyl (C=O) groups is 1. The minimum absolute atomic E-state index is 0.128. The Bertz CT molecular complexity index is 624. The minimum Gasteiger partial charge on any atom is -0.496 e. The Kier molecular flexibility index (Phi) is 5.17. The van der Waals surface area contributed by atoms with Crippen molar-refractivity contribution in [3.8, 4) is 5.75 Å². The van der Waals surface area contributed by atoms with Crippen LogP contribution in [0.5, 0.6) is 5.75 Å². The van der Waals surface area contributed by atoms with E-state index in [2.05, 4.69) is 18.2 Å². The Balaban J connectivity index is 2.22. The van der Waals surface area contributed by atoms with E-state index < -0.39 is 0 Å². The van der Waals surface area contributed by atoms with Crippen molar-refractivity contribution >= 4 is 28.6 Å². The molecular formula is C16H22N2O2S. The highest BCUT2D eigenvalue weighted by Gasteiger charge is 2.18. The molecule has 4 nitrogen and oxygen atoms in total. The van der Waals surface area contributed by atoms with Gasteiger partial charge in [-0.3, -0.25) is 4.79 Å². The zero-order chi connectivity index (χ0) is 15.4. The Morgan fingerprint density at radius 2 is 2.24 bits per heavy atom. The molecule has 5 heteroatoms. The fraction of sp³-hybridized carbons (Fsp3) is 0.438. The number of hydrogen-bond acceptors (Lipinski definition) is 3. The number of fused-ring (bicyclic) bond motifs is 1. The molecule has 1 amide bonds. The van der Waals surface area contributed by atoms with E-state index in [1.165, 1.54) is 0 Å². The van der Waals surface area contributed by atoms with E-state index in [1.54, 1.807) is 18.9 Å². The lowest BCUT2D eigenvalue weighted by molar-refractivity contribution is -0.130. The Morgan fingerprint density at radius 3 is 2.90 bits per heavy atom. The van der Waals surface area contributed by atoms with Crippen LogP contribution in [0.1, 0.15) is 12.5 Å². The second-order valence-electron chi connectivity index (χ2n) is 5.18. The van der Waals surface area contributed by atoms with E-state index >= 15 is 0 Å². The number of H-pyrrole nitrogens is 1. The average Bonchev–Trinajstić information content (AvgIpc) is 2.89. The number of nitrogens with one attached hydrogen (secondary N) is 1. The number of amides is 1. The molecule has 1 unspecified atom stereocenters. The predicted molar refractivity (Wildman–Crippen MR) is 89.2 cm³/mol. The molecule has 114 valence electrons. The molecular weight excluding hydrogens is 284 g/mol. The van der Waals surface area contributed by atoms with Crippen molar-refractivity contribution in [1.29, 1.82) is 0 Å². The first-order valence-electron chi connectivity index (χ1n) is 6.96. The molecule has 21 heavy (non-hydrogen) atoms. The largest absolute Gasteiger partial charge is 0.496 e. The van der Waals surface area contributed by atoms with Crippen LogP contribution in [0, 0.1) is 0 Å². The summed E-state index contributed by atoms with van der Waals surface area (Å²) in [6, 6.07) is 6.09. The number of rotatable bonds is 6. The molecule has 0 bridgehead atoms. The van der Waals surface area contributed by atoms with Gasteiger partial charge < -0.3 is 14.6 Å². The molecule has 0 saturated carbocycles. The summed E-state index contributed by atoms with van der Waals surface area (Å²) in [6.07, 6.45) is 4.34. The molecule has 0 aliphatic heterocycles. The lowest BCUT2D eigenvalue weighted by Crippen LogP contribution is -2.37. The first kappa shape index (κ1) is 15.8. The lowest BCUT2D eigenvalue weighted by Gasteiger charge is -2.24. The van der Waals surface area contributed by atoms with Crippen molar-refractivity contribution in [2.24, 2.45) is 0 Å². The van der Waals surface area contributed by atoms with E-state index in [0.29, 0.717) is 6.42 Å². The second kappa shape index (κ2) is 6.89. The van der Waals surface area contributed by atoms with Crippen LogP contribution >= 0.6 is 11.8 Å². The van der Waals surface area contributed by atoms with Gasteiger partial charge in [0.1, 0.15) is 5.75 Å². The number of thioether (sulfide) groups is 1. The van der Waals surface area contributed by atoms with Gasteiger partial charge in [-0.25, -0.2) is 0 Å². The maximum atomic E-state index is 12.4. The van der Waals surface area contributed by atoms with Gasteiger partial charge in [0.2, 0.25) is 5.91 Å². The summed E-state index contributed by atoms with van der Waals surface area (Å²) in [7, 11) is 3.52. The van der Waals surface area contributed by atoms with Gasteiger partial charge in [-0.1, -0.05) is 6.07 Å². The molecule has 0 radical (unpaired) electrons. The van der Waals surface area contributed by atoms with Gasteiger partial charge in [0.05, 0.1) is 13.5 Å². The van der Waals surface area contributed by atoms with E-state index in [0.717, 1.165) is 28.0 Å². The molecule has 2 rings (SSSR count). The maximum absolute atomic E-state index is 12.4. The van der Waals surface area contributed by atoms with Gasteiger partial charge in [0.15, 0.2) is 0 Å². The average molecular weight is 306 g/mol. The molecule has 1 aromatic carbocycles. The van der Waals surface area contributed by atoms with Gasteiger partial charge in [-0.05, 0) is 30.9 Å². The standard InChI is InChI=1S/C16H22N2O2S/c1-11(10-21-4)18(2)15(19)8-12-9-17-13-6-5-7-14(20-3)16(12)13/h5-7,9,11,17H,8,10H2,1-4H3. The molecule has 2 aromatic rings. The number of likely N-dealkylation sites (N-methyl/N-ethyl adjacent to an activating group) is 1. The molecule has 1 atom stereocenters. The number of nitrogens with zero attached hydrogens (tertiary/aromatic N) is 1.